The number of nitrogens with zero attached hydrogens (tertiary/aromatic N) is 1. The van der Waals surface area contributed by atoms with Gasteiger partial charge in [0.05, 0.1) is 24.6 Å². The molecule has 4 nitrogen and oxygen atoms in total. The van der Waals surface area contributed by atoms with Crippen LogP contribution in [0, 0.1) is 23.7 Å². The number of rotatable bonds is 2. The third-order valence-corrected chi connectivity index (χ3v) is 4.80. The summed E-state index contributed by atoms with van der Waals surface area (Å²) in [5, 5.41) is 0. The molecule has 1 saturated carbocycles. The molecular weight excluding hydrogens is 254 g/mol. The summed E-state index contributed by atoms with van der Waals surface area (Å²) in [6.07, 6.45) is 5.15. The van der Waals surface area contributed by atoms with Crippen LogP contribution in [-0.2, 0) is 9.59 Å². The third-order valence-electron chi connectivity index (χ3n) is 4.80. The molecule has 1 aromatic rings. The fourth-order valence-electron chi connectivity index (χ4n) is 3.95. The van der Waals surface area contributed by atoms with Gasteiger partial charge in [-0.1, -0.05) is 24.3 Å². The summed E-state index contributed by atoms with van der Waals surface area (Å²) in [7, 11) is 1.55. The molecule has 4 atom stereocenters. The van der Waals surface area contributed by atoms with Crippen LogP contribution in [0.3, 0.4) is 0 Å². The van der Waals surface area contributed by atoms with Crippen molar-refractivity contribution in [1.29, 1.82) is 0 Å². The Morgan fingerprint density at radius 2 is 1.65 bits per heavy atom. The van der Waals surface area contributed by atoms with Crippen LogP contribution in [0.25, 0.3) is 0 Å². The number of hydrogen-bond acceptors (Lipinski definition) is 3. The molecule has 2 fully saturated rings. The van der Waals surface area contributed by atoms with E-state index < -0.39 is 0 Å². The van der Waals surface area contributed by atoms with Gasteiger partial charge in [-0.05, 0) is 30.4 Å². The Bertz CT molecular complexity index is 606. The normalized spacial score (nSPS) is 34.0. The van der Waals surface area contributed by atoms with E-state index in [0.717, 1.165) is 6.42 Å². The van der Waals surface area contributed by atoms with Gasteiger partial charge >= 0.3 is 0 Å². The van der Waals surface area contributed by atoms with E-state index in [4.69, 9.17) is 4.74 Å². The lowest BCUT2D eigenvalue weighted by atomic mass is 9.85. The summed E-state index contributed by atoms with van der Waals surface area (Å²) in [5.74, 6) is 0.573. The van der Waals surface area contributed by atoms with Crippen LogP contribution in [0.1, 0.15) is 6.42 Å². The minimum atomic E-state index is -0.164. The molecule has 2 bridgehead atoms. The smallest absolute Gasteiger partial charge is 0.238 e. The number of methoxy groups -OCH3 is 1. The van der Waals surface area contributed by atoms with Gasteiger partial charge in [-0.25, -0.2) is 4.90 Å². The van der Waals surface area contributed by atoms with Crippen molar-refractivity contribution < 1.29 is 14.3 Å². The maximum atomic E-state index is 12.7. The number of para-hydroxylation sites is 2. The summed E-state index contributed by atoms with van der Waals surface area (Å²) >= 11 is 0. The highest BCUT2D eigenvalue weighted by atomic mass is 16.5. The van der Waals surface area contributed by atoms with Crippen LogP contribution < -0.4 is 9.64 Å². The largest absolute Gasteiger partial charge is 0.495 e. The minimum Gasteiger partial charge on any atom is -0.495 e. The van der Waals surface area contributed by atoms with Crippen LogP contribution >= 0.6 is 0 Å². The lowest BCUT2D eigenvalue weighted by Crippen LogP contribution is -2.33. The third kappa shape index (κ3) is 1.31. The monoisotopic (exact) mass is 269 g/mol. The number of fused-ring (bicyclic) bond motifs is 5. The molecule has 3 aliphatic rings. The van der Waals surface area contributed by atoms with E-state index in [1.165, 1.54) is 4.90 Å². The standard InChI is InChI=1S/C16H15NO3/c1-20-12-5-3-2-4-11(12)17-15(18)13-9-6-7-10(8-9)14(13)16(17)19/h2-7,9-10,13-14H,8H2,1H3/t9-,10+,13-,14-/m0/s1. The second kappa shape index (κ2) is 3.95. The minimum absolute atomic E-state index is 0.0682. The average molecular weight is 269 g/mol. The number of imide groups is 1. The number of hydrogen-bond donors (Lipinski definition) is 0. The number of benzene rings is 1. The van der Waals surface area contributed by atoms with Gasteiger partial charge in [-0.2, -0.15) is 0 Å². The van der Waals surface area contributed by atoms with Gasteiger partial charge in [0.1, 0.15) is 5.75 Å². The highest BCUT2D eigenvalue weighted by molar-refractivity contribution is 6.23. The van der Waals surface area contributed by atoms with E-state index >= 15 is 0 Å². The van der Waals surface area contributed by atoms with Gasteiger partial charge in [0, 0.05) is 0 Å². The number of carbonyl (C=O) groups excluding carboxylic acids is 2. The molecule has 102 valence electrons. The Balaban J connectivity index is 1.78. The molecule has 2 aliphatic carbocycles. The van der Waals surface area contributed by atoms with Gasteiger partial charge in [-0.15, -0.1) is 0 Å². The van der Waals surface area contributed by atoms with Crippen molar-refractivity contribution in [3.8, 4) is 5.75 Å². The predicted octanol–water partition coefficient (Wildman–Crippen LogP) is 2.01. The number of ether oxygens (including phenoxy) is 1. The molecule has 1 aromatic carbocycles. The quantitative estimate of drug-likeness (QED) is 0.609. The topological polar surface area (TPSA) is 46.6 Å². The molecule has 4 rings (SSSR count). The molecular formula is C16H15NO3. The fraction of sp³-hybridized carbons (Fsp3) is 0.375. The molecule has 0 spiro atoms. The summed E-state index contributed by atoms with van der Waals surface area (Å²) < 4.78 is 5.28. The van der Waals surface area contributed by atoms with E-state index in [1.54, 1.807) is 19.2 Å². The predicted molar refractivity (Wildman–Crippen MR) is 73.2 cm³/mol. The van der Waals surface area contributed by atoms with Crippen LogP contribution in [0.5, 0.6) is 5.75 Å². The van der Waals surface area contributed by atoms with Gasteiger partial charge in [0.2, 0.25) is 11.8 Å². The van der Waals surface area contributed by atoms with Crippen molar-refractivity contribution in [2.45, 2.75) is 6.42 Å². The lowest BCUT2D eigenvalue weighted by Gasteiger charge is -2.19. The van der Waals surface area contributed by atoms with Crippen LogP contribution in [-0.4, -0.2) is 18.9 Å². The van der Waals surface area contributed by atoms with E-state index in [9.17, 15) is 9.59 Å². The Morgan fingerprint density at radius 1 is 1.05 bits per heavy atom. The first-order valence-corrected chi connectivity index (χ1v) is 6.91. The molecule has 1 aliphatic heterocycles. The molecule has 4 heteroatoms. The molecule has 1 heterocycles. The van der Waals surface area contributed by atoms with Gasteiger partial charge in [0.15, 0.2) is 0 Å². The fourth-order valence-corrected chi connectivity index (χ4v) is 3.95. The SMILES string of the molecule is COc1ccccc1N1C(=O)[C@@H]2[C@@H](C1=O)[C@H]1C=C[C@@H]2C1. The molecule has 1 saturated heterocycles. The first-order valence-electron chi connectivity index (χ1n) is 6.91. The Hall–Kier alpha value is -2.10. The summed E-state index contributed by atoms with van der Waals surface area (Å²) in [6, 6.07) is 7.20. The number of amides is 2. The molecule has 0 N–H and O–H groups in total. The Kier molecular flexibility index (Phi) is 2.31. The maximum Gasteiger partial charge on any atom is 0.238 e. The van der Waals surface area contributed by atoms with E-state index in [0.29, 0.717) is 11.4 Å². The lowest BCUT2D eigenvalue weighted by molar-refractivity contribution is -0.123. The average Bonchev–Trinajstić information content (AvgIpc) is 3.13. The number of carbonyl (C=O) groups is 2. The first-order chi connectivity index (χ1) is 9.72. The molecule has 0 radical (unpaired) electrons. The second-order valence-electron chi connectivity index (χ2n) is 5.68. The van der Waals surface area contributed by atoms with E-state index in [1.807, 2.05) is 12.1 Å². The van der Waals surface area contributed by atoms with Crippen LogP contribution in [0.2, 0.25) is 0 Å². The highest BCUT2D eigenvalue weighted by Crippen LogP contribution is 2.53. The van der Waals surface area contributed by atoms with E-state index in [-0.39, 0.29) is 35.5 Å². The van der Waals surface area contributed by atoms with Crippen LogP contribution in [0.15, 0.2) is 36.4 Å². The first kappa shape index (κ1) is 11.7. The van der Waals surface area contributed by atoms with Gasteiger partial charge in [-0.3, -0.25) is 9.59 Å². The molecule has 0 aromatic heterocycles. The maximum absolute atomic E-state index is 12.7. The summed E-state index contributed by atoms with van der Waals surface area (Å²) in [4.78, 5) is 26.7. The summed E-state index contributed by atoms with van der Waals surface area (Å²) in [5.41, 5.74) is 0.568. The van der Waals surface area contributed by atoms with Crippen molar-refractivity contribution in [2.75, 3.05) is 12.0 Å². The Labute approximate surface area is 117 Å². The van der Waals surface area contributed by atoms with Gasteiger partial charge < -0.3 is 4.74 Å². The van der Waals surface area contributed by atoms with Crippen molar-refractivity contribution in [3.63, 3.8) is 0 Å². The van der Waals surface area contributed by atoms with Crippen molar-refractivity contribution in [3.05, 3.63) is 36.4 Å². The highest BCUT2D eigenvalue weighted by Gasteiger charge is 2.59. The summed E-state index contributed by atoms with van der Waals surface area (Å²) in [6.45, 7) is 0. The number of allylic oxidation sites excluding steroid dienone is 2. The zero-order valence-electron chi connectivity index (χ0n) is 11.2. The van der Waals surface area contributed by atoms with E-state index in [2.05, 4.69) is 12.2 Å². The second-order valence-corrected chi connectivity index (χ2v) is 5.68. The van der Waals surface area contributed by atoms with Crippen molar-refractivity contribution in [1.82, 2.24) is 0 Å². The molecule has 20 heavy (non-hydrogen) atoms. The molecule has 2 amide bonds. The van der Waals surface area contributed by atoms with Crippen molar-refractivity contribution >= 4 is 17.5 Å². The van der Waals surface area contributed by atoms with Crippen molar-refractivity contribution in [2.24, 2.45) is 23.7 Å². The Morgan fingerprint density at radius 3 is 2.25 bits per heavy atom. The zero-order chi connectivity index (χ0) is 13.9. The van der Waals surface area contributed by atoms with Gasteiger partial charge in [0.25, 0.3) is 0 Å². The zero-order valence-corrected chi connectivity index (χ0v) is 11.2. The molecule has 0 unspecified atom stereocenters. The number of anilines is 1. The van der Waals surface area contributed by atoms with Crippen LogP contribution in [0.4, 0.5) is 5.69 Å².